The van der Waals surface area contributed by atoms with Crippen molar-refractivity contribution in [3.8, 4) is 0 Å². The Hall–Kier alpha value is -2.01. The Morgan fingerprint density at radius 1 is 1.40 bits per heavy atom. The number of benzene rings is 1. The van der Waals surface area contributed by atoms with E-state index in [1.807, 2.05) is 35.0 Å². The number of carbonyl (C=O) groups is 1. The van der Waals surface area contributed by atoms with Crippen molar-refractivity contribution in [3.63, 3.8) is 0 Å². The van der Waals surface area contributed by atoms with Crippen LogP contribution in [0.25, 0.3) is 10.9 Å². The minimum atomic E-state index is -0.961. The van der Waals surface area contributed by atoms with Crippen LogP contribution >= 0.6 is 15.9 Å². The maximum absolute atomic E-state index is 11.0. The first kappa shape index (κ1) is 13.0. The maximum Gasteiger partial charge on any atom is 0.339 e. The lowest BCUT2D eigenvalue weighted by Gasteiger charge is -2.03. The smallest absolute Gasteiger partial charge is 0.339 e. The average molecular weight is 334 g/mol. The first-order valence-corrected chi connectivity index (χ1v) is 6.91. The average Bonchev–Trinajstić information content (AvgIpc) is 2.95. The summed E-state index contributed by atoms with van der Waals surface area (Å²) in [5.41, 5.74) is 1.29. The van der Waals surface area contributed by atoms with Gasteiger partial charge in [0.05, 0.1) is 6.54 Å². The highest BCUT2D eigenvalue weighted by atomic mass is 79.9. The number of rotatable bonds is 3. The summed E-state index contributed by atoms with van der Waals surface area (Å²) in [6.45, 7) is 2.17. The molecule has 0 aliphatic carbocycles. The van der Waals surface area contributed by atoms with E-state index in [2.05, 4.69) is 15.9 Å². The van der Waals surface area contributed by atoms with Gasteiger partial charge in [-0.15, -0.1) is 0 Å². The molecule has 3 rings (SSSR count). The third-order valence-corrected chi connectivity index (χ3v) is 3.98. The second kappa shape index (κ2) is 4.83. The molecular weight excluding hydrogens is 322 g/mol. The van der Waals surface area contributed by atoms with E-state index in [0.717, 1.165) is 15.4 Å². The summed E-state index contributed by atoms with van der Waals surface area (Å²) in [6.07, 6.45) is 1.97. The van der Waals surface area contributed by atoms with Crippen LogP contribution in [0.2, 0.25) is 0 Å². The lowest BCUT2D eigenvalue weighted by Crippen LogP contribution is -1.97. The standard InChI is InChI=1S/C15H12BrNO3/c1-9-12(15(18)19)7-10(20-9)8-17-6-5-11-13(16)3-2-4-14(11)17/h2-7H,8H2,1H3,(H,18,19). The molecule has 0 aliphatic heterocycles. The lowest BCUT2D eigenvalue weighted by molar-refractivity contribution is 0.0695. The van der Waals surface area contributed by atoms with Gasteiger partial charge in [0.2, 0.25) is 0 Å². The first-order chi connectivity index (χ1) is 9.56. The molecule has 0 saturated heterocycles. The fourth-order valence-corrected chi connectivity index (χ4v) is 2.81. The summed E-state index contributed by atoms with van der Waals surface area (Å²) in [7, 11) is 0. The zero-order valence-corrected chi connectivity index (χ0v) is 12.3. The Morgan fingerprint density at radius 2 is 2.20 bits per heavy atom. The molecule has 0 unspecified atom stereocenters. The molecule has 1 aromatic carbocycles. The zero-order valence-electron chi connectivity index (χ0n) is 10.8. The molecule has 2 aromatic heterocycles. The Bertz CT molecular complexity index is 801. The van der Waals surface area contributed by atoms with Crippen LogP contribution in [-0.4, -0.2) is 15.6 Å². The number of aromatic nitrogens is 1. The molecule has 5 heteroatoms. The van der Waals surface area contributed by atoms with Gasteiger partial charge in [0.15, 0.2) is 0 Å². The number of aryl methyl sites for hydroxylation is 1. The van der Waals surface area contributed by atoms with Crippen LogP contribution in [0.15, 0.2) is 45.4 Å². The molecule has 0 saturated carbocycles. The summed E-state index contributed by atoms with van der Waals surface area (Å²) in [6, 6.07) is 9.59. The summed E-state index contributed by atoms with van der Waals surface area (Å²) >= 11 is 3.52. The molecule has 1 N–H and O–H groups in total. The molecule has 102 valence electrons. The van der Waals surface area contributed by atoms with Crippen molar-refractivity contribution in [2.75, 3.05) is 0 Å². The monoisotopic (exact) mass is 333 g/mol. The van der Waals surface area contributed by atoms with E-state index in [1.54, 1.807) is 13.0 Å². The molecule has 2 heterocycles. The lowest BCUT2D eigenvalue weighted by atomic mass is 10.2. The highest BCUT2D eigenvalue weighted by Gasteiger charge is 2.14. The van der Waals surface area contributed by atoms with E-state index < -0.39 is 5.97 Å². The van der Waals surface area contributed by atoms with Crippen molar-refractivity contribution < 1.29 is 14.3 Å². The summed E-state index contributed by atoms with van der Waals surface area (Å²) in [4.78, 5) is 11.0. The van der Waals surface area contributed by atoms with E-state index in [-0.39, 0.29) is 5.56 Å². The maximum atomic E-state index is 11.0. The molecule has 0 bridgehead atoms. The van der Waals surface area contributed by atoms with Crippen molar-refractivity contribution in [2.24, 2.45) is 0 Å². The second-order valence-corrected chi connectivity index (χ2v) is 5.46. The molecule has 0 radical (unpaired) electrons. The van der Waals surface area contributed by atoms with Gasteiger partial charge in [0, 0.05) is 21.6 Å². The van der Waals surface area contributed by atoms with Crippen molar-refractivity contribution in [2.45, 2.75) is 13.5 Å². The zero-order chi connectivity index (χ0) is 14.3. The number of aromatic carboxylic acids is 1. The van der Waals surface area contributed by atoms with E-state index in [4.69, 9.17) is 9.52 Å². The van der Waals surface area contributed by atoms with E-state index >= 15 is 0 Å². The Labute approximate surface area is 123 Å². The first-order valence-electron chi connectivity index (χ1n) is 6.12. The number of furan rings is 1. The fourth-order valence-electron chi connectivity index (χ4n) is 2.33. The highest BCUT2D eigenvalue weighted by molar-refractivity contribution is 9.10. The van der Waals surface area contributed by atoms with Gasteiger partial charge in [0.25, 0.3) is 0 Å². The number of halogens is 1. The Morgan fingerprint density at radius 3 is 2.90 bits per heavy atom. The van der Waals surface area contributed by atoms with Gasteiger partial charge < -0.3 is 14.1 Å². The topological polar surface area (TPSA) is 55.4 Å². The Kier molecular flexibility index (Phi) is 3.14. The van der Waals surface area contributed by atoms with Crippen LogP contribution in [0.5, 0.6) is 0 Å². The molecule has 0 aliphatic rings. The van der Waals surface area contributed by atoms with Gasteiger partial charge in [-0.1, -0.05) is 22.0 Å². The van der Waals surface area contributed by atoms with E-state index in [0.29, 0.717) is 18.1 Å². The van der Waals surface area contributed by atoms with Gasteiger partial charge in [0.1, 0.15) is 17.1 Å². The largest absolute Gasteiger partial charge is 0.478 e. The van der Waals surface area contributed by atoms with Gasteiger partial charge in [-0.3, -0.25) is 0 Å². The molecule has 20 heavy (non-hydrogen) atoms. The van der Waals surface area contributed by atoms with Gasteiger partial charge in [-0.05, 0) is 31.2 Å². The van der Waals surface area contributed by atoms with Crippen LogP contribution in [0, 0.1) is 6.92 Å². The van der Waals surface area contributed by atoms with Crippen molar-refractivity contribution in [1.29, 1.82) is 0 Å². The molecular formula is C15H12BrNO3. The van der Waals surface area contributed by atoms with Crippen LogP contribution in [0.1, 0.15) is 21.9 Å². The predicted molar refractivity (Wildman–Crippen MR) is 79.1 cm³/mol. The third-order valence-electron chi connectivity index (χ3n) is 3.29. The van der Waals surface area contributed by atoms with Crippen molar-refractivity contribution >= 4 is 32.8 Å². The van der Waals surface area contributed by atoms with Crippen LogP contribution in [-0.2, 0) is 6.54 Å². The van der Waals surface area contributed by atoms with Crippen molar-refractivity contribution in [3.05, 3.63) is 58.1 Å². The van der Waals surface area contributed by atoms with Gasteiger partial charge >= 0.3 is 5.97 Å². The van der Waals surface area contributed by atoms with E-state index in [9.17, 15) is 4.79 Å². The van der Waals surface area contributed by atoms with Gasteiger partial charge in [-0.25, -0.2) is 4.79 Å². The molecule has 3 aromatic rings. The fraction of sp³-hybridized carbons (Fsp3) is 0.133. The molecule has 0 atom stereocenters. The predicted octanol–water partition coefficient (Wildman–Crippen LogP) is 4.05. The van der Waals surface area contributed by atoms with Crippen LogP contribution in [0.3, 0.4) is 0 Å². The third kappa shape index (κ3) is 2.14. The summed E-state index contributed by atoms with van der Waals surface area (Å²) < 4.78 is 8.58. The molecule has 0 fully saturated rings. The number of nitrogens with zero attached hydrogens (tertiary/aromatic N) is 1. The summed E-state index contributed by atoms with van der Waals surface area (Å²) in [5.74, 6) is 0.111. The molecule has 0 spiro atoms. The quantitative estimate of drug-likeness (QED) is 0.786. The number of hydrogen-bond donors (Lipinski definition) is 1. The number of hydrogen-bond acceptors (Lipinski definition) is 2. The minimum Gasteiger partial charge on any atom is -0.478 e. The molecule has 0 amide bonds. The van der Waals surface area contributed by atoms with Gasteiger partial charge in [-0.2, -0.15) is 0 Å². The normalized spacial score (nSPS) is 11.1. The van der Waals surface area contributed by atoms with E-state index in [1.165, 1.54) is 0 Å². The highest BCUT2D eigenvalue weighted by Crippen LogP contribution is 2.26. The number of carboxylic acids is 1. The Balaban J connectivity index is 1.99. The number of fused-ring (bicyclic) bond motifs is 1. The minimum absolute atomic E-state index is 0.220. The van der Waals surface area contributed by atoms with Crippen LogP contribution < -0.4 is 0 Å². The number of carboxylic acid groups (broad SMARTS) is 1. The summed E-state index contributed by atoms with van der Waals surface area (Å²) in [5, 5.41) is 10.2. The second-order valence-electron chi connectivity index (χ2n) is 4.60. The van der Waals surface area contributed by atoms with Crippen LogP contribution in [0.4, 0.5) is 0 Å². The molecule has 4 nitrogen and oxygen atoms in total. The van der Waals surface area contributed by atoms with Crippen molar-refractivity contribution in [1.82, 2.24) is 4.57 Å². The SMILES string of the molecule is Cc1oc(Cn2ccc3c(Br)cccc32)cc1C(=O)O.